The van der Waals surface area contributed by atoms with Crippen molar-refractivity contribution in [1.29, 1.82) is 0 Å². The molecular formula is C16H18O2S2. The van der Waals surface area contributed by atoms with Gasteiger partial charge in [0.2, 0.25) is 0 Å². The van der Waals surface area contributed by atoms with Crippen LogP contribution in [0.3, 0.4) is 0 Å². The molecule has 0 amide bonds. The lowest BCUT2D eigenvalue weighted by Crippen LogP contribution is -2.02. The molecule has 0 radical (unpaired) electrons. The molecular weight excluding hydrogens is 288 g/mol. The molecule has 2 rings (SSSR count). The summed E-state index contributed by atoms with van der Waals surface area (Å²) in [5.41, 5.74) is 0. The second-order valence-corrected chi connectivity index (χ2v) is 7.57. The van der Waals surface area contributed by atoms with E-state index in [0.29, 0.717) is 11.5 Å². The quantitative estimate of drug-likeness (QED) is 0.735. The molecule has 2 aromatic carbocycles. The highest BCUT2D eigenvalue weighted by Gasteiger charge is 2.05. The highest BCUT2D eigenvalue weighted by Crippen LogP contribution is 2.10. The molecule has 0 aliphatic heterocycles. The summed E-state index contributed by atoms with van der Waals surface area (Å²) in [5, 5.41) is 0. The zero-order valence-electron chi connectivity index (χ0n) is 11.2. The molecule has 0 aliphatic rings. The Hall–Kier alpha value is -1.26. The Bertz CT molecular complexity index is 514. The van der Waals surface area contributed by atoms with Crippen LogP contribution in [0.4, 0.5) is 0 Å². The lowest BCUT2D eigenvalue weighted by molar-refractivity contribution is 0.674. The third-order valence-electron chi connectivity index (χ3n) is 2.92. The Labute approximate surface area is 125 Å². The predicted molar refractivity (Wildman–Crippen MR) is 84.7 cm³/mol. The number of hydrogen-bond acceptors (Lipinski definition) is 2. The average Bonchev–Trinajstić information content (AvgIpc) is 2.53. The molecule has 0 spiro atoms. The molecule has 0 bridgehead atoms. The van der Waals surface area contributed by atoms with Gasteiger partial charge in [-0.2, -0.15) is 0 Å². The molecule has 2 atom stereocenters. The smallest absolute Gasteiger partial charge is 0.0529 e. The molecule has 0 heterocycles. The van der Waals surface area contributed by atoms with Gasteiger partial charge in [0.1, 0.15) is 0 Å². The van der Waals surface area contributed by atoms with E-state index in [1.54, 1.807) is 0 Å². The minimum absolute atomic E-state index is 0.635. The van der Waals surface area contributed by atoms with Crippen molar-refractivity contribution < 1.29 is 8.42 Å². The highest BCUT2D eigenvalue weighted by molar-refractivity contribution is 7.85. The van der Waals surface area contributed by atoms with Crippen LogP contribution in [0.2, 0.25) is 0 Å². The minimum atomic E-state index is -0.942. The minimum Gasteiger partial charge on any atom is -0.254 e. The zero-order chi connectivity index (χ0) is 14.2. The first-order valence-corrected chi connectivity index (χ1v) is 9.28. The lowest BCUT2D eigenvalue weighted by Gasteiger charge is -2.03. The number of benzene rings is 2. The van der Waals surface area contributed by atoms with Crippen LogP contribution in [0.1, 0.15) is 12.8 Å². The molecule has 0 aromatic heterocycles. The van der Waals surface area contributed by atoms with E-state index in [1.165, 1.54) is 0 Å². The first kappa shape index (κ1) is 15.1. The fourth-order valence-corrected chi connectivity index (χ4v) is 4.17. The summed E-state index contributed by atoms with van der Waals surface area (Å²) >= 11 is 0. The van der Waals surface area contributed by atoms with Crippen LogP contribution >= 0.6 is 0 Å². The second-order valence-electron chi connectivity index (χ2n) is 4.43. The van der Waals surface area contributed by atoms with Crippen LogP contribution in [0.25, 0.3) is 0 Å². The molecule has 2 unspecified atom stereocenters. The maximum Gasteiger partial charge on any atom is 0.0529 e. The van der Waals surface area contributed by atoms with Gasteiger partial charge in [-0.15, -0.1) is 0 Å². The van der Waals surface area contributed by atoms with Crippen molar-refractivity contribution in [2.45, 2.75) is 22.6 Å². The summed E-state index contributed by atoms with van der Waals surface area (Å²) in [4.78, 5) is 1.74. The summed E-state index contributed by atoms with van der Waals surface area (Å²) in [7, 11) is -1.88. The van der Waals surface area contributed by atoms with E-state index in [1.807, 2.05) is 60.7 Å². The van der Waals surface area contributed by atoms with Gasteiger partial charge in [-0.1, -0.05) is 36.4 Å². The summed E-state index contributed by atoms with van der Waals surface area (Å²) in [6.45, 7) is 0. The van der Waals surface area contributed by atoms with E-state index < -0.39 is 21.6 Å². The number of unbranched alkanes of at least 4 members (excludes halogenated alkanes) is 1. The van der Waals surface area contributed by atoms with Crippen LogP contribution in [0.15, 0.2) is 70.5 Å². The standard InChI is InChI=1S/C16H18O2S2/c17-19(15-9-3-1-4-10-15)13-7-8-14-20(18)16-11-5-2-6-12-16/h1-6,9-12H,7-8,13-14H2. The molecule has 2 nitrogen and oxygen atoms in total. The predicted octanol–water partition coefficient (Wildman–Crippen LogP) is 3.38. The first-order valence-electron chi connectivity index (χ1n) is 6.64. The van der Waals surface area contributed by atoms with Gasteiger partial charge in [0.25, 0.3) is 0 Å². The van der Waals surface area contributed by atoms with Gasteiger partial charge in [-0.05, 0) is 37.1 Å². The van der Waals surface area contributed by atoms with E-state index in [2.05, 4.69) is 0 Å². The van der Waals surface area contributed by atoms with Crippen molar-refractivity contribution in [3.8, 4) is 0 Å². The fourth-order valence-electron chi connectivity index (χ4n) is 1.85. The van der Waals surface area contributed by atoms with Gasteiger partial charge in [-0.25, -0.2) is 0 Å². The topological polar surface area (TPSA) is 34.1 Å². The fraction of sp³-hybridized carbons (Fsp3) is 0.250. The van der Waals surface area contributed by atoms with Crippen LogP contribution in [-0.2, 0) is 21.6 Å². The van der Waals surface area contributed by atoms with Crippen molar-refractivity contribution >= 4 is 21.6 Å². The summed E-state index contributed by atoms with van der Waals surface area (Å²) < 4.78 is 24.0. The van der Waals surface area contributed by atoms with Crippen LogP contribution in [0.5, 0.6) is 0 Å². The van der Waals surface area contributed by atoms with Crippen molar-refractivity contribution in [2.75, 3.05) is 11.5 Å². The highest BCUT2D eigenvalue weighted by atomic mass is 32.2. The molecule has 0 N–H and O–H groups in total. The van der Waals surface area contributed by atoms with Gasteiger partial charge in [0.15, 0.2) is 0 Å². The molecule has 0 aliphatic carbocycles. The Morgan fingerprint density at radius 1 is 0.600 bits per heavy atom. The van der Waals surface area contributed by atoms with E-state index in [9.17, 15) is 8.42 Å². The summed E-state index contributed by atoms with van der Waals surface area (Å²) in [6, 6.07) is 19.0. The van der Waals surface area contributed by atoms with Crippen LogP contribution in [-0.4, -0.2) is 19.9 Å². The monoisotopic (exact) mass is 306 g/mol. The Kier molecular flexibility index (Phi) is 6.15. The third kappa shape index (κ3) is 4.69. The zero-order valence-corrected chi connectivity index (χ0v) is 12.9. The van der Waals surface area contributed by atoms with Crippen LogP contribution in [0, 0.1) is 0 Å². The van der Waals surface area contributed by atoms with E-state index >= 15 is 0 Å². The van der Waals surface area contributed by atoms with Gasteiger partial charge in [0.05, 0.1) is 21.6 Å². The van der Waals surface area contributed by atoms with Gasteiger partial charge >= 0.3 is 0 Å². The normalized spacial score (nSPS) is 13.8. The van der Waals surface area contributed by atoms with Crippen LogP contribution < -0.4 is 0 Å². The maximum absolute atomic E-state index is 12.0. The lowest BCUT2D eigenvalue weighted by atomic mass is 10.4. The van der Waals surface area contributed by atoms with E-state index in [4.69, 9.17) is 0 Å². The van der Waals surface area contributed by atoms with Gasteiger partial charge in [0, 0.05) is 21.3 Å². The first-order chi connectivity index (χ1) is 9.77. The molecule has 4 heteroatoms. The number of rotatable bonds is 7. The SMILES string of the molecule is O=S(CCCCS(=O)c1ccccc1)c1ccccc1. The van der Waals surface area contributed by atoms with Crippen molar-refractivity contribution in [3.05, 3.63) is 60.7 Å². The molecule has 106 valence electrons. The largest absolute Gasteiger partial charge is 0.254 e. The molecule has 2 aromatic rings. The third-order valence-corrected chi connectivity index (χ3v) is 5.84. The Morgan fingerprint density at radius 3 is 1.30 bits per heavy atom. The molecule has 0 fully saturated rings. The molecule has 0 saturated carbocycles. The molecule has 20 heavy (non-hydrogen) atoms. The van der Waals surface area contributed by atoms with Gasteiger partial charge in [-0.3, -0.25) is 8.42 Å². The van der Waals surface area contributed by atoms with E-state index in [0.717, 1.165) is 22.6 Å². The average molecular weight is 306 g/mol. The summed E-state index contributed by atoms with van der Waals surface area (Å²) in [6.07, 6.45) is 1.67. The van der Waals surface area contributed by atoms with E-state index in [-0.39, 0.29) is 0 Å². The Balaban J connectivity index is 1.72. The maximum atomic E-state index is 12.0. The Morgan fingerprint density at radius 2 is 0.950 bits per heavy atom. The summed E-state index contributed by atoms with van der Waals surface area (Å²) in [5.74, 6) is 1.27. The second kappa shape index (κ2) is 8.12. The van der Waals surface area contributed by atoms with Gasteiger partial charge < -0.3 is 0 Å². The van der Waals surface area contributed by atoms with Crippen molar-refractivity contribution in [3.63, 3.8) is 0 Å². The molecule has 0 saturated heterocycles. The van der Waals surface area contributed by atoms with Crippen molar-refractivity contribution in [1.82, 2.24) is 0 Å². The van der Waals surface area contributed by atoms with Crippen molar-refractivity contribution in [2.24, 2.45) is 0 Å². The number of hydrogen-bond donors (Lipinski definition) is 0.